The summed E-state index contributed by atoms with van der Waals surface area (Å²) in [4.78, 5) is 27.5. The van der Waals surface area contributed by atoms with Crippen LogP contribution in [0.5, 0.6) is 0 Å². The number of carbonyl (C=O) groups is 2. The number of hydrogen-bond acceptors (Lipinski definition) is 9. The predicted molar refractivity (Wildman–Crippen MR) is 185 cm³/mol. The normalized spacial score (nSPS) is 23.2. The fourth-order valence-electron chi connectivity index (χ4n) is 6.08. The van der Waals surface area contributed by atoms with Gasteiger partial charge in [0.25, 0.3) is 0 Å². The average molecular weight is 723 g/mol. The van der Waals surface area contributed by atoms with E-state index in [1.807, 2.05) is 57.2 Å². The maximum atomic E-state index is 12.8. The van der Waals surface area contributed by atoms with E-state index in [2.05, 4.69) is 0 Å². The fourth-order valence-corrected chi connectivity index (χ4v) is 10.0. The summed E-state index contributed by atoms with van der Waals surface area (Å²) >= 11 is 0. The van der Waals surface area contributed by atoms with Crippen molar-refractivity contribution in [2.24, 2.45) is 0 Å². The number of nitrogens with zero attached hydrogens (tertiary/aromatic N) is 4. The van der Waals surface area contributed by atoms with Gasteiger partial charge in [-0.3, -0.25) is 0 Å². The molecule has 49 heavy (non-hydrogen) atoms. The highest BCUT2D eigenvalue weighted by atomic mass is 32.2. The average Bonchev–Trinajstić information content (AvgIpc) is 3.29. The Kier molecular flexibility index (Phi) is 12.1. The molecule has 2 aromatic carbocycles. The molecule has 0 aromatic heterocycles. The molecule has 0 saturated carbocycles. The van der Waals surface area contributed by atoms with E-state index in [-0.39, 0.29) is 44.1 Å². The number of benzene rings is 2. The van der Waals surface area contributed by atoms with E-state index in [0.717, 1.165) is 5.56 Å². The molecule has 3 unspecified atom stereocenters. The van der Waals surface area contributed by atoms with Gasteiger partial charge in [-0.25, -0.2) is 26.4 Å². The Labute approximate surface area is 290 Å². The Morgan fingerprint density at radius 2 is 1.31 bits per heavy atom. The molecule has 2 aromatic rings. The van der Waals surface area contributed by atoms with Crippen molar-refractivity contribution in [2.45, 2.75) is 82.3 Å². The molecule has 3 atom stereocenters. The van der Waals surface area contributed by atoms with E-state index >= 15 is 0 Å². The fraction of sp³-hybridized carbons (Fsp3) is 0.588. The summed E-state index contributed by atoms with van der Waals surface area (Å²) in [7, 11) is -6.96. The summed E-state index contributed by atoms with van der Waals surface area (Å²) in [5.74, 6) is -0.128. The lowest BCUT2D eigenvalue weighted by molar-refractivity contribution is 0.00868. The van der Waals surface area contributed by atoms with Gasteiger partial charge in [-0.2, -0.15) is 8.61 Å². The van der Waals surface area contributed by atoms with Crippen LogP contribution in [0.15, 0.2) is 60.7 Å². The maximum Gasteiger partial charge on any atom is 0.410 e. The summed E-state index contributed by atoms with van der Waals surface area (Å²) in [5, 5.41) is 9.11. The lowest BCUT2D eigenvalue weighted by Crippen LogP contribution is -2.58. The first-order valence-corrected chi connectivity index (χ1v) is 19.6. The minimum Gasteiger partial charge on any atom is -0.444 e. The number of ether oxygens (including phenoxy) is 2. The van der Waals surface area contributed by atoms with Gasteiger partial charge in [0, 0.05) is 45.3 Å². The first-order chi connectivity index (χ1) is 22.8. The van der Waals surface area contributed by atoms with Crippen molar-refractivity contribution in [2.75, 3.05) is 45.9 Å². The Morgan fingerprint density at radius 3 is 1.84 bits per heavy atom. The topological polar surface area (TPSA) is 154 Å². The Balaban J connectivity index is 0.000000221. The number of fused-ring (bicyclic) bond motifs is 1. The molecule has 2 amide bonds. The zero-order valence-electron chi connectivity index (χ0n) is 29.2. The Morgan fingerprint density at radius 1 is 0.796 bits per heavy atom. The minimum absolute atomic E-state index is 0.111. The number of aliphatic hydroxyl groups is 1. The smallest absolute Gasteiger partial charge is 0.410 e. The molecule has 3 aliphatic heterocycles. The van der Waals surface area contributed by atoms with Gasteiger partial charge in [-0.1, -0.05) is 60.7 Å². The van der Waals surface area contributed by atoms with Crippen LogP contribution < -0.4 is 0 Å². The second-order valence-corrected chi connectivity index (χ2v) is 18.5. The van der Waals surface area contributed by atoms with Crippen LogP contribution in [0.2, 0.25) is 0 Å². The van der Waals surface area contributed by atoms with E-state index in [1.54, 1.807) is 54.2 Å². The van der Waals surface area contributed by atoms with Gasteiger partial charge in [0.15, 0.2) is 0 Å². The van der Waals surface area contributed by atoms with Crippen molar-refractivity contribution < 1.29 is 41.0 Å². The molecular formula is C34H50N4O9S2. The molecule has 1 N–H and O–H groups in total. The van der Waals surface area contributed by atoms with Crippen LogP contribution in [0.1, 0.15) is 64.3 Å². The molecule has 3 aliphatic rings. The molecular weight excluding hydrogens is 673 g/mol. The van der Waals surface area contributed by atoms with Gasteiger partial charge < -0.3 is 24.4 Å². The standard InChI is InChI=1S/C17H26N2O5S.C17H24N2O4S/c1-17(2,3)24-16(21)18-9-10-19(15(11-18)12-20)25(22,23)13-14-7-5-4-6-8-14;1-17(2,3)23-16(20)18-9-10-19-14(12-18)11-15(24(19,21)22)13-7-5-4-6-8-13/h4-8,15,20H,9-13H2,1-3H3;4-8,14-15H,9-12H2,1-3H3. The van der Waals surface area contributed by atoms with Crippen molar-refractivity contribution in [3.05, 3.63) is 71.8 Å². The third kappa shape index (κ3) is 10.2. The molecule has 3 saturated heterocycles. The van der Waals surface area contributed by atoms with Crippen LogP contribution >= 0.6 is 0 Å². The number of amides is 2. The van der Waals surface area contributed by atoms with Gasteiger partial charge >= 0.3 is 12.2 Å². The molecule has 5 rings (SSSR count). The summed E-state index contributed by atoms with van der Waals surface area (Å²) < 4.78 is 64.7. The highest BCUT2D eigenvalue weighted by molar-refractivity contribution is 7.89. The van der Waals surface area contributed by atoms with E-state index in [9.17, 15) is 31.5 Å². The monoisotopic (exact) mass is 722 g/mol. The van der Waals surface area contributed by atoms with Gasteiger partial charge in [-0.15, -0.1) is 0 Å². The van der Waals surface area contributed by atoms with Crippen LogP contribution in [-0.2, 0) is 35.3 Å². The summed E-state index contributed by atoms with van der Waals surface area (Å²) in [6, 6.07) is 17.4. The number of hydrogen-bond donors (Lipinski definition) is 1. The molecule has 0 spiro atoms. The Hall–Kier alpha value is -3.24. The van der Waals surface area contributed by atoms with Crippen LogP contribution in [0.25, 0.3) is 0 Å². The third-order valence-corrected chi connectivity index (χ3v) is 12.5. The summed E-state index contributed by atoms with van der Waals surface area (Å²) in [5.41, 5.74) is 0.328. The molecule has 0 bridgehead atoms. The lowest BCUT2D eigenvalue weighted by atomic mass is 10.0. The Bertz CT molecular complexity index is 1640. The zero-order chi connectivity index (χ0) is 36.2. The largest absolute Gasteiger partial charge is 0.444 e. The van der Waals surface area contributed by atoms with Crippen molar-refractivity contribution >= 4 is 32.2 Å². The molecule has 13 nitrogen and oxygen atoms in total. The lowest BCUT2D eigenvalue weighted by Gasteiger charge is -2.40. The molecule has 3 heterocycles. The third-order valence-electron chi connectivity index (χ3n) is 8.26. The van der Waals surface area contributed by atoms with Crippen LogP contribution in [0, 0.1) is 0 Å². The highest BCUT2D eigenvalue weighted by Crippen LogP contribution is 2.40. The number of sulfonamides is 2. The van der Waals surface area contributed by atoms with Gasteiger partial charge in [0.2, 0.25) is 20.0 Å². The number of rotatable bonds is 5. The second kappa shape index (κ2) is 15.3. The second-order valence-electron chi connectivity index (χ2n) is 14.5. The predicted octanol–water partition coefficient (Wildman–Crippen LogP) is 3.81. The first kappa shape index (κ1) is 38.6. The maximum absolute atomic E-state index is 12.8. The summed E-state index contributed by atoms with van der Waals surface area (Å²) in [6.45, 7) is 12.0. The van der Waals surface area contributed by atoms with E-state index in [0.29, 0.717) is 31.6 Å². The SMILES string of the molecule is CC(C)(C)OC(=O)N1CCN(S(=O)(=O)Cc2ccccc2)C(CO)C1.CC(C)(C)OC(=O)N1CCN2C(CC(c3ccccc3)S2(=O)=O)C1. The van der Waals surface area contributed by atoms with Crippen LogP contribution in [-0.4, -0.2) is 122 Å². The van der Waals surface area contributed by atoms with E-state index in [4.69, 9.17) is 9.47 Å². The van der Waals surface area contributed by atoms with E-state index in [1.165, 1.54) is 9.21 Å². The zero-order valence-corrected chi connectivity index (χ0v) is 30.8. The highest BCUT2D eigenvalue weighted by Gasteiger charge is 2.49. The summed E-state index contributed by atoms with van der Waals surface area (Å²) in [6.07, 6.45) is -0.361. The van der Waals surface area contributed by atoms with Gasteiger partial charge in [-0.05, 0) is 59.1 Å². The molecule has 0 aliphatic carbocycles. The van der Waals surface area contributed by atoms with Gasteiger partial charge in [0.1, 0.15) is 16.5 Å². The van der Waals surface area contributed by atoms with Crippen molar-refractivity contribution in [3.8, 4) is 0 Å². The van der Waals surface area contributed by atoms with Crippen LogP contribution in [0.4, 0.5) is 9.59 Å². The quantitative estimate of drug-likeness (QED) is 0.486. The minimum atomic E-state index is -3.59. The molecule has 3 fully saturated rings. The molecule has 15 heteroatoms. The van der Waals surface area contributed by atoms with Crippen LogP contribution in [0.3, 0.4) is 0 Å². The molecule has 0 radical (unpaired) electrons. The van der Waals surface area contributed by atoms with E-state index < -0.39 is 48.6 Å². The van der Waals surface area contributed by atoms with Crippen molar-refractivity contribution in [3.63, 3.8) is 0 Å². The molecule has 272 valence electrons. The number of piperazine rings is 2. The first-order valence-electron chi connectivity index (χ1n) is 16.5. The number of carbonyl (C=O) groups excluding carboxylic acids is 2. The van der Waals surface area contributed by atoms with Gasteiger partial charge in [0.05, 0.1) is 18.4 Å². The number of aliphatic hydroxyl groups excluding tert-OH is 1. The van der Waals surface area contributed by atoms with Crippen molar-refractivity contribution in [1.29, 1.82) is 0 Å². The van der Waals surface area contributed by atoms with Crippen molar-refractivity contribution in [1.82, 2.24) is 18.4 Å².